The molecule has 2 atom stereocenters. The third-order valence-electron chi connectivity index (χ3n) is 3.57. The van der Waals surface area contributed by atoms with Gasteiger partial charge in [-0.1, -0.05) is 25.7 Å². The summed E-state index contributed by atoms with van der Waals surface area (Å²) in [4.78, 5) is 15.1. The summed E-state index contributed by atoms with van der Waals surface area (Å²) >= 11 is 1.49. The van der Waals surface area contributed by atoms with Crippen molar-refractivity contribution in [2.75, 3.05) is 19.7 Å². The maximum atomic E-state index is 12.3. The van der Waals surface area contributed by atoms with E-state index in [2.05, 4.69) is 25.7 Å². The molecule has 2 heterocycles. The van der Waals surface area contributed by atoms with E-state index in [0.717, 1.165) is 23.5 Å². The molecule has 0 radical (unpaired) electrons. The summed E-state index contributed by atoms with van der Waals surface area (Å²) in [7, 11) is 0. The molecule has 0 aliphatic carbocycles. The van der Waals surface area contributed by atoms with Crippen LogP contribution in [0.15, 0.2) is 11.4 Å². The summed E-state index contributed by atoms with van der Waals surface area (Å²) in [6.45, 7) is 6.16. The predicted molar refractivity (Wildman–Crippen MR) is 77.1 cm³/mol. The van der Waals surface area contributed by atoms with Gasteiger partial charge in [0.1, 0.15) is 0 Å². The number of hydrogen-bond donors (Lipinski definition) is 1. The summed E-state index contributed by atoms with van der Waals surface area (Å²) in [6.07, 6.45) is 0.475. The lowest BCUT2D eigenvalue weighted by Crippen LogP contribution is -2.28. The van der Waals surface area contributed by atoms with Crippen molar-refractivity contribution < 1.29 is 9.90 Å². The van der Waals surface area contributed by atoms with Gasteiger partial charge >= 0.3 is 0 Å². The summed E-state index contributed by atoms with van der Waals surface area (Å²) in [5.74, 6) is 7.10. The minimum absolute atomic E-state index is 0.0771. The Bertz CT molecular complexity index is 502. The molecule has 2 unspecified atom stereocenters. The van der Waals surface area contributed by atoms with Crippen LogP contribution in [0.3, 0.4) is 0 Å². The van der Waals surface area contributed by atoms with Crippen LogP contribution in [-0.4, -0.2) is 35.6 Å². The highest BCUT2D eigenvalue weighted by molar-refractivity contribution is 7.10. The molecule has 1 fully saturated rings. The summed E-state index contributed by atoms with van der Waals surface area (Å²) < 4.78 is 0. The average molecular weight is 277 g/mol. The molecule has 4 heteroatoms. The minimum Gasteiger partial charge on any atom is -0.395 e. The lowest BCUT2D eigenvalue weighted by atomic mass is 10.0. The van der Waals surface area contributed by atoms with Gasteiger partial charge in [0, 0.05) is 24.9 Å². The second-order valence-corrected chi connectivity index (χ2v) is 6.05. The first kappa shape index (κ1) is 14.1. The molecule has 0 spiro atoms. The van der Waals surface area contributed by atoms with Crippen LogP contribution in [0.2, 0.25) is 0 Å². The third kappa shape index (κ3) is 3.37. The first-order valence-corrected chi connectivity index (χ1v) is 7.47. The molecular formula is C15H19NO2S. The third-order valence-corrected chi connectivity index (χ3v) is 4.42. The van der Waals surface area contributed by atoms with Gasteiger partial charge in [-0.2, -0.15) is 0 Å². The van der Waals surface area contributed by atoms with E-state index in [1.807, 2.05) is 16.3 Å². The Hall–Kier alpha value is -1.31. The van der Waals surface area contributed by atoms with Gasteiger partial charge in [0.2, 0.25) is 0 Å². The lowest BCUT2D eigenvalue weighted by molar-refractivity contribution is 0.0785. The Morgan fingerprint density at radius 2 is 2.16 bits per heavy atom. The van der Waals surface area contributed by atoms with Crippen LogP contribution in [0.25, 0.3) is 0 Å². The Kier molecular flexibility index (Phi) is 4.62. The predicted octanol–water partition coefficient (Wildman–Crippen LogP) is 2.21. The van der Waals surface area contributed by atoms with Crippen LogP contribution in [0.1, 0.15) is 35.5 Å². The van der Waals surface area contributed by atoms with Gasteiger partial charge in [0.25, 0.3) is 5.91 Å². The molecule has 1 aliphatic rings. The van der Waals surface area contributed by atoms with Crippen molar-refractivity contribution in [3.63, 3.8) is 0 Å². The second-order valence-electron chi connectivity index (χ2n) is 5.14. The molecule has 0 bridgehead atoms. The highest BCUT2D eigenvalue weighted by atomic mass is 32.1. The van der Waals surface area contributed by atoms with Crippen molar-refractivity contribution in [1.29, 1.82) is 0 Å². The number of likely N-dealkylation sites (tertiary alicyclic amines) is 1. The maximum Gasteiger partial charge on any atom is 0.254 e. The number of thiophene rings is 1. The van der Waals surface area contributed by atoms with Crippen LogP contribution >= 0.6 is 11.3 Å². The molecular weight excluding hydrogens is 258 g/mol. The highest BCUT2D eigenvalue weighted by Crippen LogP contribution is 2.25. The zero-order valence-electron chi connectivity index (χ0n) is 11.3. The Labute approximate surface area is 118 Å². The summed E-state index contributed by atoms with van der Waals surface area (Å²) in [5, 5.41) is 10.5. The molecule has 1 saturated heterocycles. The van der Waals surface area contributed by atoms with Crippen LogP contribution in [-0.2, 0) is 0 Å². The van der Waals surface area contributed by atoms with E-state index < -0.39 is 0 Å². The largest absolute Gasteiger partial charge is 0.395 e. The number of aliphatic hydroxyl groups is 1. The SMILES string of the molecule is CC1CN(C(=O)c2csc(C#CCCO)c2)CC1C. The van der Waals surface area contributed by atoms with E-state index in [0.29, 0.717) is 18.3 Å². The zero-order valence-corrected chi connectivity index (χ0v) is 12.2. The smallest absolute Gasteiger partial charge is 0.254 e. The van der Waals surface area contributed by atoms with Crippen molar-refractivity contribution in [2.24, 2.45) is 11.8 Å². The van der Waals surface area contributed by atoms with Crippen LogP contribution in [0.5, 0.6) is 0 Å². The molecule has 1 aliphatic heterocycles. The fourth-order valence-electron chi connectivity index (χ4n) is 2.20. The van der Waals surface area contributed by atoms with Gasteiger partial charge in [-0.3, -0.25) is 4.79 Å². The summed E-state index contributed by atoms with van der Waals surface area (Å²) in [5.41, 5.74) is 0.736. The Morgan fingerprint density at radius 1 is 1.47 bits per heavy atom. The first-order chi connectivity index (χ1) is 9.11. The van der Waals surface area contributed by atoms with Crippen molar-refractivity contribution in [1.82, 2.24) is 4.90 Å². The lowest BCUT2D eigenvalue weighted by Gasteiger charge is -2.14. The molecule has 19 heavy (non-hydrogen) atoms. The fourth-order valence-corrected chi connectivity index (χ4v) is 2.95. The standard InChI is InChI=1S/C15H19NO2S/c1-11-8-16(9-12(11)2)15(18)13-7-14(19-10-13)5-3-4-6-17/h7,10-12,17H,4,6,8-9H2,1-2H3. The number of rotatable bonds is 2. The van der Waals surface area contributed by atoms with Crippen LogP contribution in [0.4, 0.5) is 0 Å². The quantitative estimate of drug-likeness (QED) is 0.842. The number of aliphatic hydroxyl groups excluding tert-OH is 1. The van der Waals surface area contributed by atoms with Gasteiger partial charge < -0.3 is 10.0 Å². The molecule has 0 aromatic carbocycles. The van der Waals surface area contributed by atoms with E-state index in [1.54, 1.807) is 0 Å². The normalized spacial score (nSPS) is 22.2. The number of nitrogens with zero attached hydrogens (tertiary/aromatic N) is 1. The molecule has 1 N–H and O–H groups in total. The van der Waals surface area contributed by atoms with Gasteiger partial charge in [0.15, 0.2) is 0 Å². The number of hydrogen-bond acceptors (Lipinski definition) is 3. The Balaban J connectivity index is 2.03. The van der Waals surface area contributed by atoms with Crippen molar-refractivity contribution >= 4 is 17.2 Å². The van der Waals surface area contributed by atoms with E-state index in [-0.39, 0.29) is 12.5 Å². The highest BCUT2D eigenvalue weighted by Gasteiger charge is 2.30. The number of carbonyl (C=O) groups is 1. The molecule has 1 aromatic rings. The Morgan fingerprint density at radius 3 is 2.79 bits per heavy atom. The molecule has 0 saturated carbocycles. The van der Waals surface area contributed by atoms with E-state index in [4.69, 9.17) is 5.11 Å². The molecule has 2 rings (SSSR count). The van der Waals surface area contributed by atoms with Gasteiger partial charge in [-0.25, -0.2) is 0 Å². The van der Waals surface area contributed by atoms with Crippen LogP contribution < -0.4 is 0 Å². The van der Waals surface area contributed by atoms with E-state index in [9.17, 15) is 4.79 Å². The van der Waals surface area contributed by atoms with Crippen molar-refractivity contribution in [2.45, 2.75) is 20.3 Å². The minimum atomic E-state index is 0.0771. The molecule has 102 valence electrons. The molecule has 3 nitrogen and oxygen atoms in total. The van der Waals surface area contributed by atoms with Gasteiger partial charge in [0.05, 0.1) is 17.0 Å². The van der Waals surface area contributed by atoms with Crippen LogP contribution in [0, 0.1) is 23.7 Å². The molecule has 1 amide bonds. The second kappa shape index (κ2) is 6.23. The fraction of sp³-hybridized carbons (Fsp3) is 0.533. The van der Waals surface area contributed by atoms with Crippen molar-refractivity contribution in [3.05, 3.63) is 21.9 Å². The number of carbonyl (C=O) groups excluding carboxylic acids is 1. The van der Waals surface area contributed by atoms with Crippen molar-refractivity contribution in [3.8, 4) is 11.8 Å². The van der Waals surface area contributed by atoms with Gasteiger partial charge in [-0.15, -0.1) is 11.3 Å². The topological polar surface area (TPSA) is 40.5 Å². The van der Waals surface area contributed by atoms with E-state index in [1.165, 1.54) is 11.3 Å². The number of amides is 1. The molecule has 1 aromatic heterocycles. The first-order valence-electron chi connectivity index (χ1n) is 6.59. The van der Waals surface area contributed by atoms with Gasteiger partial charge in [-0.05, 0) is 17.9 Å². The maximum absolute atomic E-state index is 12.3. The average Bonchev–Trinajstić information content (AvgIpc) is 2.97. The summed E-state index contributed by atoms with van der Waals surface area (Å²) in [6, 6.07) is 1.85. The van der Waals surface area contributed by atoms with E-state index >= 15 is 0 Å². The zero-order chi connectivity index (χ0) is 13.8. The monoisotopic (exact) mass is 277 g/mol.